The van der Waals surface area contributed by atoms with E-state index in [-0.39, 0.29) is 23.1 Å². The van der Waals surface area contributed by atoms with Gasteiger partial charge in [0.15, 0.2) is 5.78 Å². The van der Waals surface area contributed by atoms with Gasteiger partial charge in [0, 0.05) is 43.0 Å². The summed E-state index contributed by atoms with van der Waals surface area (Å²) in [4.78, 5) is 26.3. The molecule has 1 aromatic carbocycles. The first kappa shape index (κ1) is 16.4. The molecule has 1 atom stereocenters. The van der Waals surface area contributed by atoms with Crippen LogP contribution in [0.1, 0.15) is 24.8 Å². The average molecular weight is 349 g/mol. The number of para-hydroxylation sites is 1. The highest BCUT2D eigenvalue weighted by atomic mass is 16.2. The standard InChI is InChI=1S/C19H19N5O2/c1-23(2)24-14-8-5-9-15(25)16(14)19(12(10-20)17(24)21)11-6-3-4-7-13(11)22-18(19)26/h3-4,6-7H,5,8-9,21H2,1-2H3,(H,22,26)/t19-/m1/s1. The Labute approximate surface area is 151 Å². The van der Waals surface area contributed by atoms with E-state index < -0.39 is 5.41 Å². The number of hydrogen-bond acceptors (Lipinski definition) is 6. The van der Waals surface area contributed by atoms with Crippen molar-refractivity contribution in [2.75, 3.05) is 19.4 Å². The summed E-state index contributed by atoms with van der Waals surface area (Å²) in [5.74, 6) is -0.303. The van der Waals surface area contributed by atoms with E-state index in [1.54, 1.807) is 42.3 Å². The van der Waals surface area contributed by atoms with Gasteiger partial charge < -0.3 is 11.1 Å². The first-order valence-corrected chi connectivity index (χ1v) is 8.50. The number of amides is 1. The molecule has 1 spiro atoms. The lowest BCUT2D eigenvalue weighted by Gasteiger charge is -2.45. The molecule has 4 rings (SSSR count). The summed E-state index contributed by atoms with van der Waals surface area (Å²) in [5, 5.41) is 16.2. The highest BCUT2D eigenvalue weighted by Gasteiger charge is 2.60. The van der Waals surface area contributed by atoms with Gasteiger partial charge in [0.25, 0.3) is 0 Å². The molecule has 1 aliphatic carbocycles. The van der Waals surface area contributed by atoms with Crippen molar-refractivity contribution in [1.82, 2.24) is 10.0 Å². The summed E-state index contributed by atoms with van der Waals surface area (Å²) >= 11 is 0. The molecule has 0 aromatic heterocycles. The van der Waals surface area contributed by atoms with E-state index in [1.807, 2.05) is 6.07 Å². The molecule has 1 aromatic rings. The second-order valence-corrected chi connectivity index (χ2v) is 6.88. The highest BCUT2D eigenvalue weighted by molar-refractivity contribution is 6.19. The number of anilines is 1. The molecule has 3 aliphatic rings. The molecule has 0 bridgehead atoms. The molecule has 0 unspecified atom stereocenters. The normalized spacial score (nSPS) is 24.8. The van der Waals surface area contributed by atoms with Crippen molar-refractivity contribution in [3.05, 3.63) is 52.5 Å². The van der Waals surface area contributed by atoms with Crippen LogP contribution in [0.4, 0.5) is 5.69 Å². The second-order valence-electron chi connectivity index (χ2n) is 6.88. The zero-order valence-electron chi connectivity index (χ0n) is 14.7. The number of carbonyl (C=O) groups is 2. The summed E-state index contributed by atoms with van der Waals surface area (Å²) in [6.07, 6.45) is 1.67. The smallest absolute Gasteiger partial charge is 0.245 e. The van der Waals surface area contributed by atoms with E-state index in [2.05, 4.69) is 11.4 Å². The number of hydrogen-bond donors (Lipinski definition) is 2. The van der Waals surface area contributed by atoms with E-state index in [0.29, 0.717) is 41.8 Å². The third-order valence-electron chi connectivity index (χ3n) is 5.31. The zero-order chi connectivity index (χ0) is 18.6. The van der Waals surface area contributed by atoms with Crippen LogP contribution in [0.5, 0.6) is 0 Å². The molecule has 26 heavy (non-hydrogen) atoms. The number of Topliss-reactive ketones (excluding diaryl/α,β-unsaturated/α-hetero) is 1. The van der Waals surface area contributed by atoms with Gasteiger partial charge in [-0.05, 0) is 18.9 Å². The number of nitriles is 1. The Kier molecular flexibility index (Phi) is 3.43. The second kappa shape index (κ2) is 5.44. The summed E-state index contributed by atoms with van der Waals surface area (Å²) in [5.41, 5.74) is 7.33. The molecule has 7 nitrogen and oxygen atoms in total. The van der Waals surface area contributed by atoms with Crippen LogP contribution in [0.15, 0.2) is 46.9 Å². The van der Waals surface area contributed by atoms with E-state index in [0.717, 1.165) is 0 Å². The Morgan fingerprint density at radius 3 is 2.69 bits per heavy atom. The summed E-state index contributed by atoms with van der Waals surface area (Å²) in [6.45, 7) is 0. The van der Waals surface area contributed by atoms with Crippen LogP contribution in [-0.4, -0.2) is 35.8 Å². The van der Waals surface area contributed by atoms with Crippen LogP contribution in [-0.2, 0) is 15.0 Å². The third-order valence-corrected chi connectivity index (χ3v) is 5.31. The van der Waals surface area contributed by atoms with Crippen molar-refractivity contribution >= 4 is 17.4 Å². The lowest BCUT2D eigenvalue weighted by molar-refractivity contribution is -0.123. The van der Waals surface area contributed by atoms with Crippen molar-refractivity contribution in [3.8, 4) is 6.07 Å². The van der Waals surface area contributed by atoms with E-state index in [4.69, 9.17) is 5.73 Å². The molecule has 132 valence electrons. The highest BCUT2D eigenvalue weighted by Crippen LogP contribution is 2.54. The van der Waals surface area contributed by atoms with E-state index >= 15 is 0 Å². The summed E-state index contributed by atoms with van der Waals surface area (Å²) in [7, 11) is 3.60. The first-order valence-electron chi connectivity index (χ1n) is 8.50. The Bertz CT molecular complexity index is 953. The van der Waals surface area contributed by atoms with E-state index in [9.17, 15) is 14.9 Å². The van der Waals surface area contributed by atoms with Gasteiger partial charge in [0.1, 0.15) is 17.3 Å². The predicted molar refractivity (Wildman–Crippen MR) is 95.0 cm³/mol. The topological polar surface area (TPSA) is 102 Å². The fourth-order valence-electron chi connectivity index (χ4n) is 4.39. The number of nitrogens with zero attached hydrogens (tertiary/aromatic N) is 3. The fraction of sp³-hybridized carbons (Fsp3) is 0.316. The predicted octanol–water partition coefficient (Wildman–Crippen LogP) is 1.37. The molecule has 0 fully saturated rings. The number of ketones is 1. The SMILES string of the molecule is CN(C)N1C(N)=C(C#N)[C@@]2(C(=O)Nc3ccccc32)C2=C1CCCC2=O. The number of nitrogens with one attached hydrogen (secondary N) is 1. The largest absolute Gasteiger partial charge is 0.383 e. The third kappa shape index (κ3) is 1.79. The Hall–Kier alpha value is -3.11. The Balaban J connectivity index is 2.14. The Morgan fingerprint density at radius 1 is 1.27 bits per heavy atom. The van der Waals surface area contributed by atoms with Gasteiger partial charge in [-0.25, -0.2) is 5.01 Å². The molecular formula is C19H19N5O2. The molecule has 0 radical (unpaired) electrons. The molecular weight excluding hydrogens is 330 g/mol. The van der Waals surface area contributed by atoms with Gasteiger partial charge in [-0.2, -0.15) is 5.26 Å². The molecule has 7 heteroatoms. The molecule has 2 heterocycles. The van der Waals surface area contributed by atoms with Crippen LogP contribution in [0.25, 0.3) is 0 Å². The van der Waals surface area contributed by atoms with Gasteiger partial charge in [-0.15, -0.1) is 0 Å². The van der Waals surface area contributed by atoms with Crippen LogP contribution < -0.4 is 11.1 Å². The van der Waals surface area contributed by atoms with Crippen molar-refractivity contribution in [3.63, 3.8) is 0 Å². The number of hydrazine groups is 1. The maximum Gasteiger partial charge on any atom is 0.245 e. The maximum absolute atomic E-state index is 13.2. The number of nitrogens with two attached hydrogens (primary N) is 1. The number of carbonyl (C=O) groups excluding carboxylic acids is 2. The minimum Gasteiger partial charge on any atom is -0.383 e. The number of fused-ring (bicyclic) bond motifs is 3. The number of allylic oxidation sites excluding steroid dienone is 1. The van der Waals surface area contributed by atoms with Crippen molar-refractivity contribution < 1.29 is 9.59 Å². The van der Waals surface area contributed by atoms with Crippen molar-refractivity contribution in [2.45, 2.75) is 24.7 Å². The lowest BCUT2D eigenvalue weighted by Crippen LogP contribution is -2.53. The fourth-order valence-corrected chi connectivity index (χ4v) is 4.39. The van der Waals surface area contributed by atoms with Crippen LogP contribution in [0, 0.1) is 11.3 Å². The summed E-state index contributed by atoms with van der Waals surface area (Å²) < 4.78 is 0. The van der Waals surface area contributed by atoms with Crippen LogP contribution >= 0.6 is 0 Å². The maximum atomic E-state index is 13.2. The molecule has 3 N–H and O–H groups in total. The monoisotopic (exact) mass is 349 g/mol. The molecule has 1 amide bonds. The Morgan fingerprint density at radius 2 is 2.00 bits per heavy atom. The first-order chi connectivity index (χ1) is 12.4. The molecule has 0 saturated heterocycles. The molecule has 2 aliphatic heterocycles. The summed E-state index contributed by atoms with van der Waals surface area (Å²) in [6, 6.07) is 9.31. The average Bonchev–Trinajstić information content (AvgIpc) is 2.88. The van der Waals surface area contributed by atoms with Gasteiger partial charge in [0.2, 0.25) is 5.91 Å². The van der Waals surface area contributed by atoms with Gasteiger partial charge >= 0.3 is 0 Å². The minimum atomic E-state index is -1.46. The van der Waals surface area contributed by atoms with Crippen LogP contribution in [0.2, 0.25) is 0 Å². The quantitative estimate of drug-likeness (QED) is 0.794. The zero-order valence-corrected chi connectivity index (χ0v) is 14.7. The van der Waals surface area contributed by atoms with Crippen LogP contribution in [0.3, 0.4) is 0 Å². The van der Waals surface area contributed by atoms with Crippen molar-refractivity contribution in [2.24, 2.45) is 5.73 Å². The van der Waals surface area contributed by atoms with Crippen molar-refractivity contribution in [1.29, 1.82) is 5.26 Å². The number of benzene rings is 1. The van der Waals surface area contributed by atoms with E-state index in [1.165, 1.54) is 0 Å². The minimum absolute atomic E-state index is 0.0997. The molecule has 0 saturated carbocycles. The number of rotatable bonds is 1. The lowest BCUT2D eigenvalue weighted by atomic mass is 9.64. The van der Waals surface area contributed by atoms with Gasteiger partial charge in [-0.3, -0.25) is 14.6 Å². The van der Waals surface area contributed by atoms with Gasteiger partial charge in [-0.1, -0.05) is 18.2 Å². The van der Waals surface area contributed by atoms with Gasteiger partial charge in [0.05, 0.1) is 5.57 Å².